The first-order valence-electron chi connectivity index (χ1n) is 2.17. The predicted octanol–water partition coefficient (Wildman–Crippen LogP) is -2.00. The van der Waals surface area contributed by atoms with E-state index in [0.29, 0.717) is 0 Å². The van der Waals surface area contributed by atoms with Crippen molar-refractivity contribution in [3.63, 3.8) is 0 Å². The summed E-state index contributed by atoms with van der Waals surface area (Å²) in [6, 6.07) is 0. The maximum Gasteiger partial charge on any atom is 0.189 e. The molecule has 0 saturated heterocycles. The third-order valence-corrected chi connectivity index (χ3v) is 3.12. The maximum absolute atomic E-state index is 10.2. The van der Waals surface area contributed by atoms with Gasteiger partial charge in [-0.3, -0.25) is 0 Å². The van der Waals surface area contributed by atoms with Gasteiger partial charge in [-0.15, -0.1) is 0 Å². The van der Waals surface area contributed by atoms with Crippen LogP contribution in [0.25, 0.3) is 0 Å². The quantitative estimate of drug-likeness (QED) is 0.299. The summed E-state index contributed by atoms with van der Waals surface area (Å²) in [7, 11) is 0. The van der Waals surface area contributed by atoms with Crippen molar-refractivity contribution in [2.24, 2.45) is 11.5 Å². The molecule has 10 heavy (non-hydrogen) atoms. The Hall–Kier alpha value is 0.140. The lowest BCUT2D eigenvalue weighted by atomic mass is 10.6. The molecule has 0 amide bonds. The van der Waals surface area contributed by atoms with Crippen molar-refractivity contribution in [2.75, 3.05) is 0 Å². The van der Waals surface area contributed by atoms with Crippen LogP contribution >= 0.6 is 0 Å². The first kappa shape index (κ1) is 10.1. The summed E-state index contributed by atoms with van der Waals surface area (Å²) in [5.74, 6) is 0. The van der Waals surface area contributed by atoms with Crippen LogP contribution in [0.4, 0.5) is 0 Å². The summed E-state index contributed by atoms with van der Waals surface area (Å²) in [5.41, 5.74) is 9.82. The number of hydrogen-bond acceptors (Lipinski definition) is 4. The molecule has 6 N–H and O–H groups in total. The maximum atomic E-state index is 10.2. The molecule has 0 aromatic carbocycles. The van der Waals surface area contributed by atoms with Gasteiger partial charge in [0.25, 0.3) is 0 Å². The lowest BCUT2D eigenvalue weighted by Gasteiger charge is -2.11. The topological polar surface area (TPSA) is 127 Å². The highest BCUT2D eigenvalue weighted by Gasteiger charge is 2.26. The number of rotatable bonds is 3. The molecule has 8 heteroatoms. The van der Waals surface area contributed by atoms with Gasteiger partial charge >= 0.3 is 0 Å². The van der Waals surface area contributed by atoms with Gasteiger partial charge in [-0.2, -0.15) is 0 Å². The molecule has 62 valence electrons. The van der Waals surface area contributed by atoms with Gasteiger partial charge < -0.3 is 20.6 Å². The second-order valence-corrected chi connectivity index (χ2v) is 3.92. The SMILES string of the molecule is NC(N)C(S(=O)O)S(=O)O. The fourth-order valence-electron chi connectivity index (χ4n) is 0.339. The van der Waals surface area contributed by atoms with E-state index in [1.165, 1.54) is 0 Å². The van der Waals surface area contributed by atoms with E-state index in [2.05, 4.69) is 0 Å². The summed E-state index contributed by atoms with van der Waals surface area (Å²) in [6.07, 6.45) is -1.27. The van der Waals surface area contributed by atoms with Gasteiger partial charge in [-0.25, -0.2) is 8.42 Å². The molecule has 0 aliphatic rings. The summed E-state index contributed by atoms with van der Waals surface area (Å²) in [6.45, 7) is 0. The van der Waals surface area contributed by atoms with Gasteiger partial charge in [-0.05, 0) is 0 Å². The predicted molar refractivity (Wildman–Crippen MR) is 37.5 cm³/mol. The summed E-state index contributed by atoms with van der Waals surface area (Å²) >= 11 is -4.93. The zero-order valence-electron chi connectivity index (χ0n) is 4.84. The molecule has 0 radical (unpaired) electrons. The van der Waals surface area contributed by atoms with E-state index in [4.69, 9.17) is 20.6 Å². The molecule has 2 unspecified atom stereocenters. The van der Waals surface area contributed by atoms with Gasteiger partial charge in [0.2, 0.25) is 0 Å². The molecular weight excluding hydrogens is 180 g/mol. The highest BCUT2D eigenvalue weighted by atomic mass is 32.3. The van der Waals surface area contributed by atoms with Crippen LogP contribution in [0, 0.1) is 0 Å². The number of nitrogens with two attached hydrogens (primary N) is 2. The Morgan fingerprint density at radius 3 is 1.40 bits per heavy atom. The highest BCUT2D eigenvalue weighted by molar-refractivity contribution is 7.97. The Bertz CT molecular complexity index is 145. The van der Waals surface area contributed by atoms with Crippen molar-refractivity contribution in [3.05, 3.63) is 0 Å². The molecule has 0 aliphatic carbocycles. The van der Waals surface area contributed by atoms with E-state index in [-0.39, 0.29) is 0 Å². The van der Waals surface area contributed by atoms with Crippen LogP contribution in [-0.4, -0.2) is 28.3 Å². The van der Waals surface area contributed by atoms with Gasteiger partial charge in [0, 0.05) is 0 Å². The van der Waals surface area contributed by atoms with E-state index in [1.807, 2.05) is 0 Å². The normalized spacial score (nSPS) is 20.5. The second-order valence-electron chi connectivity index (χ2n) is 1.50. The lowest BCUT2D eigenvalue weighted by molar-refractivity contribution is 0.525. The monoisotopic (exact) mass is 188 g/mol. The molecule has 0 saturated carbocycles. The van der Waals surface area contributed by atoms with Crippen molar-refractivity contribution in [1.82, 2.24) is 0 Å². The van der Waals surface area contributed by atoms with E-state index >= 15 is 0 Å². The first-order chi connectivity index (χ1) is 4.46. The molecule has 0 rings (SSSR count). The summed E-state index contributed by atoms with van der Waals surface area (Å²) in [4.78, 5) is 0. The van der Waals surface area contributed by atoms with Crippen LogP contribution in [0.1, 0.15) is 0 Å². The Balaban J connectivity index is 4.27. The van der Waals surface area contributed by atoms with Crippen LogP contribution < -0.4 is 11.5 Å². The fraction of sp³-hybridized carbons (Fsp3) is 1.00. The van der Waals surface area contributed by atoms with Crippen molar-refractivity contribution in [2.45, 2.75) is 10.7 Å². The molecule has 0 aromatic rings. The van der Waals surface area contributed by atoms with Crippen molar-refractivity contribution >= 4 is 22.2 Å². The Kier molecular flexibility index (Phi) is 4.17. The molecule has 0 heterocycles. The van der Waals surface area contributed by atoms with Crippen LogP contribution in [0.5, 0.6) is 0 Å². The Morgan fingerprint density at radius 2 is 1.40 bits per heavy atom. The second kappa shape index (κ2) is 4.11. The minimum atomic E-state index is -2.46. The number of hydrogen-bond donors (Lipinski definition) is 4. The molecule has 0 aliphatic heterocycles. The molecule has 0 fully saturated rings. The largest absolute Gasteiger partial charge is 0.314 e. The first-order valence-corrected chi connectivity index (χ1v) is 4.51. The van der Waals surface area contributed by atoms with E-state index in [1.54, 1.807) is 0 Å². The molecule has 0 aromatic heterocycles. The van der Waals surface area contributed by atoms with Crippen molar-refractivity contribution < 1.29 is 17.5 Å². The third kappa shape index (κ3) is 2.82. The van der Waals surface area contributed by atoms with E-state index < -0.39 is 32.9 Å². The van der Waals surface area contributed by atoms with Gasteiger partial charge in [0.15, 0.2) is 26.7 Å². The summed E-state index contributed by atoms with van der Waals surface area (Å²) in [5, 5.41) is 0. The zero-order chi connectivity index (χ0) is 8.31. The van der Waals surface area contributed by atoms with E-state index in [9.17, 15) is 8.42 Å². The lowest BCUT2D eigenvalue weighted by Crippen LogP contribution is -2.47. The Morgan fingerprint density at radius 1 is 1.10 bits per heavy atom. The molecular formula is C2H8N2O4S2. The Labute approximate surface area is 62.5 Å². The van der Waals surface area contributed by atoms with Gasteiger partial charge in [-0.1, -0.05) is 0 Å². The minimum absolute atomic E-state index is 1.27. The smallest absolute Gasteiger partial charge is 0.189 e. The molecule has 0 bridgehead atoms. The average Bonchev–Trinajstić information content (AvgIpc) is 1.59. The molecule has 0 spiro atoms. The molecule has 6 nitrogen and oxygen atoms in total. The fourth-order valence-corrected chi connectivity index (χ4v) is 1.44. The van der Waals surface area contributed by atoms with Crippen LogP contribution in [0.3, 0.4) is 0 Å². The zero-order valence-corrected chi connectivity index (χ0v) is 6.47. The van der Waals surface area contributed by atoms with Crippen LogP contribution in [0.15, 0.2) is 0 Å². The van der Waals surface area contributed by atoms with Crippen LogP contribution in [0.2, 0.25) is 0 Å². The summed E-state index contributed by atoms with van der Waals surface area (Å²) < 4.78 is 35.5. The minimum Gasteiger partial charge on any atom is -0.314 e. The molecule has 2 atom stereocenters. The van der Waals surface area contributed by atoms with Crippen molar-refractivity contribution in [1.29, 1.82) is 0 Å². The van der Waals surface area contributed by atoms with Crippen molar-refractivity contribution in [3.8, 4) is 0 Å². The van der Waals surface area contributed by atoms with E-state index in [0.717, 1.165) is 0 Å². The highest BCUT2D eigenvalue weighted by Crippen LogP contribution is 1.98. The third-order valence-electron chi connectivity index (χ3n) is 0.712. The van der Waals surface area contributed by atoms with Crippen LogP contribution in [-0.2, 0) is 22.2 Å². The average molecular weight is 188 g/mol. The van der Waals surface area contributed by atoms with Gasteiger partial charge in [0.05, 0.1) is 6.17 Å². The van der Waals surface area contributed by atoms with Gasteiger partial charge in [0.1, 0.15) is 0 Å². The standard InChI is InChI=1S/C2H8N2O4S2/c3-1(4)2(9(5)6)10(7)8/h1-2H,3-4H2,(H,5,6)(H,7,8).